The summed E-state index contributed by atoms with van der Waals surface area (Å²) in [5, 5.41) is 11.9. The summed E-state index contributed by atoms with van der Waals surface area (Å²) in [6.07, 6.45) is 0.952. The maximum Gasteiger partial charge on any atom is 0.329 e. The Balaban J connectivity index is 2.76. The van der Waals surface area contributed by atoms with E-state index in [0.717, 1.165) is 11.1 Å². The summed E-state index contributed by atoms with van der Waals surface area (Å²) in [6, 6.07) is 7.65. The summed E-state index contributed by atoms with van der Waals surface area (Å²) >= 11 is 0. The molecular weight excluding hydrogens is 242 g/mol. The summed E-state index contributed by atoms with van der Waals surface area (Å²) in [4.78, 5) is 23.3. The van der Waals surface area contributed by atoms with E-state index in [9.17, 15) is 14.7 Å². The lowest BCUT2D eigenvalue weighted by molar-refractivity contribution is -0.148. The average Bonchev–Trinajstić information content (AvgIpc) is 2.35. The molecule has 2 N–H and O–H groups in total. The van der Waals surface area contributed by atoms with Crippen molar-refractivity contribution in [3.8, 4) is 0 Å². The average molecular weight is 263 g/mol. The van der Waals surface area contributed by atoms with Gasteiger partial charge in [-0.15, -0.1) is 0 Å². The number of aryl methyl sites for hydroxylation is 1. The number of aliphatic carboxylic acids is 1. The lowest BCUT2D eigenvalue weighted by Gasteiger charge is -2.28. The van der Waals surface area contributed by atoms with Crippen LogP contribution in [0.3, 0.4) is 0 Å². The Morgan fingerprint density at radius 3 is 2.37 bits per heavy atom. The lowest BCUT2D eigenvalue weighted by atomic mass is 9.92. The van der Waals surface area contributed by atoms with E-state index in [1.54, 1.807) is 13.8 Å². The van der Waals surface area contributed by atoms with Gasteiger partial charge >= 0.3 is 5.97 Å². The van der Waals surface area contributed by atoms with Crippen molar-refractivity contribution in [1.82, 2.24) is 5.32 Å². The number of nitrogens with one attached hydrogen (secondary N) is 1. The van der Waals surface area contributed by atoms with Crippen molar-refractivity contribution in [1.29, 1.82) is 0 Å². The van der Waals surface area contributed by atoms with Crippen molar-refractivity contribution < 1.29 is 14.7 Å². The highest BCUT2D eigenvalue weighted by molar-refractivity contribution is 5.87. The first kappa shape index (κ1) is 15.2. The van der Waals surface area contributed by atoms with Crippen molar-refractivity contribution in [3.63, 3.8) is 0 Å². The summed E-state index contributed by atoms with van der Waals surface area (Å²) in [7, 11) is 0. The van der Waals surface area contributed by atoms with E-state index in [1.807, 2.05) is 31.2 Å². The normalized spacial score (nSPS) is 11.1. The van der Waals surface area contributed by atoms with Gasteiger partial charge in [-0.25, -0.2) is 4.79 Å². The van der Waals surface area contributed by atoms with Gasteiger partial charge in [0.15, 0.2) is 0 Å². The van der Waals surface area contributed by atoms with Gasteiger partial charge in [0.1, 0.15) is 5.54 Å². The molecule has 4 heteroatoms. The van der Waals surface area contributed by atoms with Crippen LogP contribution in [0.1, 0.15) is 37.8 Å². The molecule has 1 aromatic rings. The second-order valence-electron chi connectivity index (χ2n) is 4.81. The highest BCUT2D eigenvalue weighted by atomic mass is 16.4. The zero-order chi connectivity index (χ0) is 14.5. The number of hydrogen-bond acceptors (Lipinski definition) is 2. The first-order valence-corrected chi connectivity index (χ1v) is 6.53. The van der Waals surface area contributed by atoms with Crippen LogP contribution in [0.4, 0.5) is 0 Å². The monoisotopic (exact) mass is 263 g/mol. The van der Waals surface area contributed by atoms with Gasteiger partial charge < -0.3 is 10.4 Å². The molecule has 0 aliphatic heterocycles. The Kier molecular flexibility index (Phi) is 5.10. The maximum atomic E-state index is 12.0. The molecule has 0 saturated carbocycles. The largest absolute Gasteiger partial charge is 0.480 e. The third kappa shape index (κ3) is 3.81. The Bertz CT molecular complexity index is 464. The molecule has 0 aliphatic carbocycles. The number of carbonyl (C=O) groups excluding carboxylic acids is 1. The van der Waals surface area contributed by atoms with Gasteiger partial charge in [-0.3, -0.25) is 4.79 Å². The first-order chi connectivity index (χ1) is 8.93. The van der Waals surface area contributed by atoms with E-state index in [4.69, 9.17) is 0 Å². The predicted molar refractivity (Wildman–Crippen MR) is 74.0 cm³/mol. The number of carboxylic acids is 1. The van der Waals surface area contributed by atoms with Gasteiger partial charge in [0, 0.05) is 0 Å². The molecule has 1 rings (SSSR count). The topological polar surface area (TPSA) is 66.4 Å². The molecule has 0 radical (unpaired) electrons. The smallest absolute Gasteiger partial charge is 0.329 e. The van der Waals surface area contributed by atoms with Crippen LogP contribution >= 0.6 is 0 Å². The van der Waals surface area contributed by atoms with Crippen molar-refractivity contribution in [2.24, 2.45) is 0 Å². The van der Waals surface area contributed by atoms with Crippen LogP contribution in [-0.2, 0) is 16.0 Å². The summed E-state index contributed by atoms with van der Waals surface area (Å²) < 4.78 is 0. The van der Waals surface area contributed by atoms with Crippen molar-refractivity contribution in [3.05, 3.63) is 35.4 Å². The molecule has 1 amide bonds. The zero-order valence-corrected chi connectivity index (χ0v) is 11.7. The Labute approximate surface area is 113 Å². The summed E-state index contributed by atoms with van der Waals surface area (Å²) in [5.41, 5.74) is 0.825. The standard InChI is InChI=1S/C15H21NO3/c1-4-15(5-2,14(18)19)16-13(17)10-12-8-6-7-11(3)9-12/h6-9H,4-5,10H2,1-3H3,(H,16,17)(H,18,19). The molecule has 0 spiro atoms. The zero-order valence-electron chi connectivity index (χ0n) is 11.7. The van der Waals surface area contributed by atoms with Gasteiger partial charge in [0.05, 0.1) is 6.42 Å². The molecular formula is C15H21NO3. The minimum atomic E-state index is -1.15. The van der Waals surface area contributed by atoms with E-state index in [-0.39, 0.29) is 12.3 Å². The minimum absolute atomic E-state index is 0.205. The fourth-order valence-corrected chi connectivity index (χ4v) is 2.10. The van der Waals surface area contributed by atoms with Crippen molar-refractivity contribution >= 4 is 11.9 Å². The minimum Gasteiger partial charge on any atom is -0.480 e. The Morgan fingerprint density at radius 2 is 1.89 bits per heavy atom. The quantitative estimate of drug-likeness (QED) is 0.827. The van der Waals surface area contributed by atoms with Gasteiger partial charge in [0.25, 0.3) is 0 Å². The Hall–Kier alpha value is -1.84. The molecule has 0 aromatic heterocycles. The first-order valence-electron chi connectivity index (χ1n) is 6.53. The second kappa shape index (κ2) is 6.36. The van der Waals surface area contributed by atoms with E-state index < -0.39 is 11.5 Å². The van der Waals surface area contributed by atoms with Crippen LogP contribution in [0.15, 0.2) is 24.3 Å². The van der Waals surface area contributed by atoms with Crippen LogP contribution in [-0.4, -0.2) is 22.5 Å². The fourth-order valence-electron chi connectivity index (χ4n) is 2.10. The molecule has 104 valence electrons. The summed E-state index contributed by atoms with van der Waals surface area (Å²) in [5.74, 6) is -1.23. The van der Waals surface area contributed by atoms with Gasteiger partial charge in [-0.2, -0.15) is 0 Å². The predicted octanol–water partition coefficient (Wildman–Crippen LogP) is 2.30. The molecule has 0 bridgehead atoms. The Morgan fingerprint density at radius 1 is 1.26 bits per heavy atom. The highest BCUT2D eigenvalue weighted by Crippen LogP contribution is 2.16. The van der Waals surface area contributed by atoms with Crippen LogP contribution < -0.4 is 5.32 Å². The van der Waals surface area contributed by atoms with Crippen LogP contribution in [0.2, 0.25) is 0 Å². The van der Waals surface area contributed by atoms with Gasteiger partial charge in [-0.1, -0.05) is 43.7 Å². The molecule has 4 nitrogen and oxygen atoms in total. The highest BCUT2D eigenvalue weighted by Gasteiger charge is 2.36. The van der Waals surface area contributed by atoms with E-state index >= 15 is 0 Å². The van der Waals surface area contributed by atoms with Crippen LogP contribution in [0, 0.1) is 6.92 Å². The number of rotatable bonds is 6. The van der Waals surface area contributed by atoms with E-state index in [2.05, 4.69) is 5.32 Å². The second-order valence-corrected chi connectivity index (χ2v) is 4.81. The maximum absolute atomic E-state index is 12.0. The molecule has 0 fully saturated rings. The third-order valence-corrected chi connectivity index (χ3v) is 3.44. The van der Waals surface area contributed by atoms with Crippen molar-refractivity contribution in [2.45, 2.75) is 45.6 Å². The molecule has 0 saturated heterocycles. The number of benzene rings is 1. The molecule has 0 atom stereocenters. The number of amides is 1. The summed E-state index contributed by atoms with van der Waals surface area (Å²) in [6.45, 7) is 5.50. The van der Waals surface area contributed by atoms with Gasteiger partial charge in [-0.05, 0) is 25.3 Å². The van der Waals surface area contributed by atoms with Gasteiger partial charge in [0.2, 0.25) is 5.91 Å². The number of carbonyl (C=O) groups is 2. The molecule has 0 heterocycles. The fraction of sp³-hybridized carbons (Fsp3) is 0.467. The van der Waals surface area contributed by atoms with E-state index in [0.29, 0.717) is 12.8 Å². The molecule has 0 aliphatic rings. The number of carboxylic acid groups (broad SMARTS) is 1. The lowest BCUT2D eigenvalue weighted by Crippen LogP contribution is -2.54. The van der Waals surface area contributed by atoms with Crippen LogP contribution in [0.25, 0.3) is 0 Å². The SMILES string of the molecule is CCC(CC)(NC(=O)Cc1cccc(C)c1)C(=O)O. The molecule has 1 aromatic carbocycles. The molecule has 19 heavy (non-hydrogen) atoms. The van der Waals surface area contributed by atoms with Crippen molar-refractivity contribution in [2.75, 3.05) is 0 Å². The third-order valence-electron chi connectivity index (χ3n) is 3.44. The van der Waals surface area contributed by atoms with E-state index in [1.165, 1.54) is 0 Å². The van der Waals surface area contributed by atoms with Crippen LogP contribution in [0.5, 0.6) is 0 Å². The number of hydrogen-bond donors (Lipinski definition) is 2. The molecule has 0 unspecified atom stereocenters.